The van der Waals surface area contributed by atoms with Crippen molar-refractivity contribution in [3.63, 3.8) is 0 Å². The first-order valence-electron chi connectivity index (χ1n) is 8.16. The van der Waals surface area contributed by atoms with Gasteiger partial charge in [0, 0.05) is 35.0 Å². The summed E-state index contributed by atoms with van der Waals surface area (Å²) >= 11 is 3.40. The van der Waals surface area contributed by atoms with Crippen molar-refractivity contribution in [2.75, 3.05) is 13.1 Å². The number of halogens is 1. The molecule has 3 nitrogen and oxygen atoms in total. The Hall–Kier alpha value is -1.65. The van der Waals surface area contributed by atoms with Gasteiger partial charge in [-0.2, -0.15) is 0 Å². The van der Waals surface area contributed by atoms with Gasteiger partial charge in [0.25, 0.3) is 5.91 Å². The summed E-state index contributed by atoms with van der Waals surface area (Å²) in [4.78, 5) is 13.9. The Kier molecular flexibility index (Phi) is 5.47. The van der Waals surface area contributed by atoms with Crippen molar-refractivity contribution in [3.8, 4) is 0 Å². The van der Waals surface area contributed by atoms with E-state index in [1.807, 2.05) is 30.3 Å². The molecule has 120 valence electrons. The average molecular weight is 374 g/mol. The highest BCUT2D eigenvalue weighted by atomic mass is 79.9. The van der Waals surface area contributed by atoms with E-state index in [1.54, 1.807) is 4.90 Å². The number of carbonyl (C=O) groups excluding carboxylic acids is 1. The molecule has 0 aliphatic carbocycles. The largest absolute Gasteiger partial charge is 0.348 e. The molecule has 0 bridgehead atoms. The van der Waals surface area contributed by atoms with Gasteiger partial charge in [-0.3, -0.25) is 4.79 Å². The van der Waals surface area contributed by atoms with E-state index in [1.165, 1.54) is 37.1 Å². The molecule has 0 atom stereocenters. The third kappa shape index (κ3) is 4.43. The Morgan fingerprint density at radius 3 is 2.52 bits per heavy atom. The van der Waals surface area contributed by atoms with E-state index >= 15 is 0 Å². The lowest BCUT2D eigenvalue weighted by Gasteiger charge is -2.15. The summed E-state index contributed by atoms with van der Waals surface area (Å²) in [6.45, 7) is 4.16. The van der Waals surface area contributed by atoms with Gasteiger partial charge in [-0.1, -0.05) is 46.3 Å². The Morgan fingerprint density at radius 1 is 1.04 bits per heavy atom. The van der Waals surface area contributed by atoms with E-state index in [4.69, 9.17) is 0 Å². The van der Waals surface area contributed by atoms with E-state index in [0.29, 0.717) is 12.1 Å². The van der Waals surface area contributed by atoms with Crippen molar-refractivity contribution in [2.24, 2.45) is 0 Å². The van der Waals surface area contributed by atoms with E-state index < -0.39 is 0 Å². The van der Waals surface area contributed by atoms with E-state index in [2.05, 4.69) is 39.4 Å². The van der Waals surface area contributed by atoms with E-state index in [9.17, 15) is 4.79 Å². The second-order valence-corrected chi connectivity index (χ2v) is 7.01. The molecule has 1 amide bonds. The fraction of sp³-hybridized carbons (Fsp3) is 0.316. The van der Waals surface area contributed by atoms with Crippen molar-refractivity contribution in [2.45, 2.75) is 25.9 Å². The van der Waals surface area contributed by atoms with E-state index in [0.717, 1.165) is 11.0 Å². The molecular formula is C19H22BrN2O+. The first kappa shape index (κ1) is 16.2. The third-order valence-corrected chi connectivity index (χ3v) is 4.89. The topological polar surface area (TPSA) is 33.5 Å². The molecule has 2 N–H and O–H groups in total. The minimum atomic E-state index is -0.0328. The van der Waals surface area contributed by atoms with Gasteiger partial charge in [-0.15, -0.1) is 0 Å². The SMILES string of the molecule is O=C(NCc1ccccc1C[NH+]1CCCC1)c1cccc(Br)c1. The van der Waals surface area contributed by atoms with Crippen molar-refractivity contribution < 1.29 is 9.69 Å². The number of rotatable bonds is 5. The van der Waals surface area contributed by atoms with Crippen LogP contribution in [-0.2, 0) is 13.1 Å². The van der Waals surface area contributed by atoms with Crippen molar-refractivity contribution in [1.82, 2.24) is 5.32 Å². The van der Waals surface area contributed by atoms with Crippen LogP contribution in [0.25, 0.3) is 0 Å². The predicted octanol–water partition coefficient (Wildman–Crippen LogP) is 2.56. The lowest BCUT2D eigenvalue weighted by molar-refractivity contribution is -0.901. The second kappa shape index (κ2) is 7.75. The van der Waals surface area contributed by atoms with Crippen molar-refractivity contribution in [3.05, 3.63) is 69.7 Å². The Balaban J connectivity index is 1.64. The maximum atomic E-state index is 12.3. The molecule has 2 aromatic carbocycles. The van der Waals surface area contributed by atoms with Crippen LogP contribution in [0.15, 0.2) is 53.0 Å². The van der Waals surface area contributed by atoms with Crippen LogP contribution in [0.5, 0.6) is 0 Å². The molecule has 23 heavy (non-hydrogen) atoms. The normalized spacial score (nSPS) is 14.8. The van der Waals surface area contributed by atoms with Gasteiger partial charge < -0.3 is 10.2 Å². The first-order chi connectivity index (χ1) is 11.2. The minimum absolute atomic E-state index is 0.0328. The summed E-state index contributed by atoms with van der Waals surface area (Å²) in [7, 11) is 0. The molecule has 1 fully saturated rings. The summed E-state index contributed by atoms with van der Waals surface area (Å²) in [5.41, 5.74) is 3.25. The lowest BCUT2D eigenvalue weighted by Crippen LogP contribution is -3.08. The van der Waals surface area contributed by atoms with Gasteiger partial charge in [0.15, 0.2) is 0 Å². The number of likely N-dealkylation sites (tertiary alicyclic amines) is 1. The number of nitrogens with one attached hydrogen (secondary N) is 2. The fourth-order valence-electron chi connectivity index (χ4n) is 3.13. The fourth-order valence-corrected chi connectivity index (χ4v) is 3.53. The highest BCUT2D eigenvalue weighted by Gasteiger charge is 2.17. The zero-order valence-corrected chi connectivity index (χ0v) is 14.7. The quantitative estimate of drug-likeness (QED) is 0.829. The molecule has 2 aromatic rings. The number of hydrogen-bond acceptors (Lipinski definition) is 1. The number of carbonyl (C=O) groups is 1. The predicted molar refractivity (Wildman–Crippen MR) is 95.4 cm³/mol. The van der Waals surface area contributed by atoms with Gasteiger partial charge in [0.05, 0.1) is 13.1 Å². The molecule has 0 radical (unpaired) electrons. The third-order valence-electron chi connectivity index (χ3n) is 4.40. The van der Waals surface area contributed by atoms with Crippen LogP contribution in [0, 0.1) is 0 Å². The number of benzene rings is 2. The highest BCUT2D eigenvalue weighted by molar-refractivity contribution is 9.10. The summed E-state index contributed by atoms with van der Waals surface area (Å²) < 4.78 is 0.920. The van der Waals surface area contributed by atoms with Gasteiger partial charge in [-0.05, 0) is 23.8 Å². The van der Waals surface area contributed by atoms with Crippen molar-refractivity contribution in [1.29, 1.82) is 0 Å². The second-order valence-electron chi connectivity index (χ2n) is 6.10. The zero-order chi connectivity index (χ0) is 16.1. The van der Waals surface area contributed by atoms with Crippen LogP contribution in [0.2, 0.25) is 0 Å². The minimum Gasteiger partial charge on any atom is -0.348 e. The maximum Gasteiger partial charge on any atom is 0.251 e. The molecule has 1 aliphatic heterocycles. The van der Waals surface area contributed by atoms with E-state index in [-0.39, 0.29) is 5.91 Å². The Bertz CT molecular complexity index is 681. The number of hydrogen-bond donors (Lipinski definition) is 2. The monoisotopic (exact) mass is 373 g/mol. The summed E-state index contributed by atoms with van der Waals surface area (Å²) in [5.74, 6) is -0.0328. The molecule has 0 unspecified atom stereocenters. The van der Waals surface area contributed by atoms with Gasteiger partial charge >= 0.3 is 0 Å². The Labute approximate surface area is 145 Å². The van der Waals surface area contributed by atoms with Crippen LogP contribution in [0.1, 0.15) is 34.3 Å². The van der Waals surface area contributed by atoms with Crippen LogP contribution in [0.3, 0.4) is 0 Å². The molecule has 0 saturated carbocycles. The first-order valence-corrected chi connectivity index (χ1v) is 8.96. The number of amides is 1. The van der Waals surface area contributed by atoms with Crippen LogP contribution >= 0.6 is 15.9 Å². The van der Waals surface area contributed by atoms with Crippen LogP contribution < -0.4 is 10.2 Å². The van der Waals surface area contributed by atoms with Crippen LogP contribution in [-0.4, -0.2) is 19.0 Å². The molecule has 1 heterocycles. The average Bonchev–Trinajstić information content (AvgIpc) is 3.07. The lowest BCUT2D eigenvalue weighted by atomic mass is 10.1. The maximum absolute atomic E-state index is 12.3. The standard InChI is InChI=1S/C19H21BrN2O/c20-18-9-5-8-15(12-18)19(23)21-13-16-6-1-2-7-17(16)14-22-10-3-4-11-22/h1-2,5-9,12H,3-4,10-11,13-14H2,(H,21,23)/p+1. The smallest absolute Gasteiger partial charge is 0.251 e. The van der Waals surface area contributed by atoms with Gasteiger partial charge in [0.1, 0.15) is 6.54 Å². The molecule has 0 spiro atoms. The van der Waals surface area contributed by atoms with Crippen molar-refractivity contribution >= 4 is 21.8 Å². The molecule has 4 heteroatoms. The van der Waals surface area contributed by atoms with Gasteiger partial charge in [-0.25, -0.2) is 0 Å². The summed E-state index contributed by atoms with van der Waals surface area (Å²) in [6, 6.07) is 15.9. The zero-order valence-electron chi connectivity index (χ0n) is 13.1. The highest BCUT2D eigenvalue weighted by Crippen LogP contribution is 2.12. The Morgan fingerprint density at radius 2 is 1.78 bits per heavy atom. The van der Waals surface area contributed by atoms with Gasteiger partial charge in [0.2, 0.25) is 0 Å². The summed E-state index contributed by atoms with van der Waals surface area (Å²) in [6.07, 6.45) is 2.66. The molecule has 3 rings (SSSR count). The molecule has 1 aliphatic rings. The molecular weight excluding hydrogens is 352 g/mol. The summed E-state index contributed by atoms with van der Waals surface area (Å²) in [5, 5.41) is 3.04. The van der Waals surface area contributed by atoms with Crippen LogP contribution in [0.4, 0.5) is 0 Å². The molecule has 0 aromatic heterocycles. The molecule has 1 saturated heterocycles. The number of quaternary nitrogens is 1.